The Balaban J connectivity index is 1.96. The summed E-state index contributed by atoms with van der Waals surface area (Å²) in [6, 6.07) is 0.759. The number of hydrogen-bond acceptors (Lipinski definition) is 2. The molecule has 1 heterocycles. The molecule has 1 aliphatic carbocycles. The lowest BCUT2D eigenvalue weighted by molar-refractivity contribution is -0.138. The lowest BCUT2D eigenvalue weighted by Gasteiger charge is -2.27. The van der Waals surface area contributed by atoms with Gasteiger partial charge in [0.25, 0.3) is 0 Å². The van der Waals surface area contributed by atoms with Crippen LogP contribution in [0.25, 0.3) is 0 Å². The van der Waals surface area contributed by atoms with Crippen LogP contribution in [0, 0.1) is 11.8 Å². The van der Waals surface area contributed by atoms with Gasteiger partial charge in [0.15, 0.2) is 0 Å². The largest absolute Gasteiger partial charge is 0.481 e. The van der Waals surface area contributed by atoms with Gasteiger partial charge in [0.2, 0.25) is 0 Å². The number of carbonyl (C=O) groups is 1. The molecule has 3 unspecified atom stereocenters. The number of nitrogens with zero attached hydrogens (tertiary/aromatic N) is 1. The topological polar surface area (TPSA) is 40.5 Å². The van der Waals surface area contributed by atoms with Crippen LogP contribution in [0.2, 0.25) is 0 Å². The number of hydrogen-bond donors (Lipinski definition) is 1. The van der Waals surface area contributed by atoms with Crippen molar-refractivity contribution in [3.63, 3.8) is 0 Å². The molecule has 0 radical (unpaired) electrons. The highest BCUT2D eigenvalue weighted by molar-refractivity contribution is 5.67. The quantitative estimate of drug-likeness (QED) is 0.746. The monoisotopic (exact) mass is 197 g/mol. The molecule has 3 heteroatoms. The van der Waals surface area contributed by atoms with E-state index in [9.17, 15) is 4.79 Å². The average molecular weight is 197 g/mol. The molecular formula is C11H19NO2. The van der Waals surface area contributed by atoms with E-state index in [-0.39, 0.29) is 0 Å². The Hall–Kier alpha value is -0.570. The van der Waals surface area contributed by atoms with Gasteiger partial charge in [-0.25, -0.2) is 0 Å². The SMILES string of the molecule is CCN1CC2CC1CCC2CC(=O)O. The van der Waals surface area contributed by atoms with Gasteiger partial charge in [0.1, 0.15) is 0 Å². The molecule has 0 aromatic heterocycles. The molecule has 2 rings (SSSR count). The van der Waals surface area contributed by atoms with E-state index < -0.39 is 5.97 Å². The smallest absolute Gasteiger partial charge is 0.303 e. The normalized spacial score (nSPS) is 37.4. The maximum atomic E-state index is 10.7. The first kappa shape index (κ1) is 9.97. The number of aliphatic carboxylic acids is 1. The number of fused-ring (bicyclic) bond motifs is 2. The minimum atomic E-state index is -0.622. The Kier molecular flexibility index (Phi) is 2.77. The predicted molar refractivity (Wildman–Crippen MR) is 54.1 cm³/mol. The van der Waals surface area contributed by atoms with E-state index in [1.807, 2.05) is 0 Å². The second-order valence-corrected chi connectivity index (χ2v) is 4.67. The van der Waals surface area contributed by atoms with Gasteiger partial charge in [-0.05, 0) is 37.6 Å². The van der Waals surface area contributed by atoms with E-state index in [2.05, 4.69) is 11.8 Å². The van der Waals surface area contributed by atoms with E-state index in [4.69, 9.17) is 5.11 Å². The van der Waals surface area contributed by atoms with Gasteiger partial charge in [0, 0.05) is 19.0 Å². The van der Waals surface area contributed by atoms with Gasteiger partial charge >= 0.3 is 5.97 Å². The van der Waals surface area contributed by atoms with Crippen LogP contribution in [0.3, 0.4) is 0 Å². The number of carboxylic acids is 1. The van der Waals surface area contributed by atoms with Crippen molar-refractivity contribution in [2.75, 3.05) is 13.1 Å². The fourth-order valence-electron chi connectivity index (χ4n) is 3.19. The van der Waals surface area contributed by atoms with Crippen LogP contribution in [-0.4, -0.2) is 35.1 Å². The number of likely N-dealkylation sites (tertiary alicyclic amines) is 1. The van der Waals surface area contributed by atoms with Gasteiger partial charge in [-0.1, -0.05) is 6.92 Å². The molecule has 1 saturated carbocycles. The van der Waals surface area contributed by atoms with Crippen LogP contribution in [0.1, 0.15) is 32.6 Å². The third-order valence-electron chi connectivity index (χ3n) is 3.94. The summed E-state index contributed by atoms with van der Waals surface area (Å²) in [6.07, 6.45) is 3.96. The molecule has 0 amide bonds. The fourth-order valence-corrected chi connectivity index (χ4v) is 3.19. The Morgan fingerprint density at radius 3 is 2.93 bits per heavy atom. The molecule has 3 atom stereocenters. The Labute approximate surface area is 85.1 Å². The third kappa shape index (κ3) is 1.78. The Morgan fingerprint density at radius 2 is 2.29 bits per heavy atom. The molecule has 14 heavy (non-hydrogen) atoms. The van der Waals surface area contributed by atoms with Crippen LogP contribution in [0.4, 0.5) is 0 Å². The first-order chi connectivity index (χ1) is 6.70. The van der Waals surface area contributed by atoms with Crippen LogP contribution in [0.5, 0.6) is 0 Å². The molecular weight excluding hydrogens is 178 g/mol. The molecule has 1 aliphatic heterocycles. The number of rotatable bonds is 3. The molecule has 3 nitrogen and oxygen atoms in total. The molecule has 2 fully saturated rings. The zero-order valence-corrected chi connectivity index (χ0v) is 8.78. The summed E-state index contributed by atoms with van der Waals surface area (Å²) in [4.78, 5) is 13.2. The highest BCUT2D eigenvalue weighted by Crippen LogP contribution is 2.40. The molecule has 2 bridgehead atoms. The highest BCUT2D eigenvalue weighted by atomic mass is 16.4. The highest BCUT2D eigenvalue weighted by Gasteiger charge is 2.40. The van der Waals surface area contributed by atoms with E-state index >= 15 is 0 Å². The van der Waals surface area contributed by atoms with E-state index in [1.54, 1.807) is 0 Å². The first-order valence-corrected chi connectivity index (χ1v) is 5.66. The zero-order chi connectivity index (χ0) is 10.1. The average Bonchev–Trinajstić information content (AvgIpc) is 2.48. The summed E-state index contributed by atoms with van der Waals surface area (Å²) in [7, 11) is 0. The van der Waals surface area contributed by atoms with Crippen molar-refractivity contribution in [2.24, 2.45) is 11.8 Å². The van der Waals surface area contributed by atoms with Gasteiger partial charge in [-0.2, -0.15) is 0 Å². The summed E-state index contributed by atoms with van der Waals surface area (Å²) >= 11 is 0. The van der Waals surface area contributed by atoms with Gasteiger partial charge in [-0.15, -0.1) is 0 Å². The lowest BCUT2D eigenvalue weighted by Crippen LogP contribution is -2.28. The first-order valence-electron chi connectivity index (χ1n) is 5.66. The molecule has 1 N–H and O–H groups in total. The van der Waals surface area contributed by atoms with Crippen molar-refractivity contribution in [3.8, 4) is 0 Å². The fraction of sp³-hybridized carbons (Fsp3) is 0.909. The Morgan fingerprint density at radius 1 is 1.50 bits per heavy atom. The van der Waals surface area contributed by atoms with Crippen LogP contribution in [-0.2, 0) is 4.79 Å². The van der Waals surface area contributed by atoms with Gasteiger partial charge in [0.05, 0.1) is 0 Å². The van der Waals surface area contributed by atoms with Crippen LogP contribution < -0.4 is 0 Å². The van der Waals surface area contributed by atoms with Crippen molar-refractivity contribution >= 4 is 5.97 Å². The van der Waals surface area contributed by atoms with Crippen molar-refractivity contribution in [2.45, 2.75) is 38.6 Å². The second kappa shape index (κ2) is 3.89. The third-order valence-corrected chi connectivity index (χ3v) is 3.94. The van der Waals surface area contributed by atoms with E-state index in [1.165, 1.54) is 12.8 Å². The van der Waals surface area contributed by atoms with Crippen molar-refractivity contribution in [1.82, 2.24) is 4.90 Å². The summed E-state index contributed by atoms with van der Waals surface area (Å²) in [6.45, 7) is 4.47. The summed E-state index contributed by atoms with van der Waals surface area (Å²) < 4.78 is 0. The molecule has 0 spiro atoms. The van der Waals surface area contributed by atoms with Gasteiger partial charge in [-0.3, -0.25) is 4.79 Å². The van der Waals surface area contributed by atoms with Gasteiger partial charge < -0.3 is 10.0 Å². The molecule has 1 saturated heterocycles. The zero-order valence-electron chi connectivity index (χ0n) is 8.78. The summed E-state index contributed by atoms with van der Waals surface area (Å²) in [5.74, 6) is 0.480. The van der Waals surface area contributed by atoms with Crippen LogP contribution >= 0.6 is 0 Å². The summed E-state index contributed by atoms with van der Waals surface area (Å²) in [5.41, 5.74) is 0. The van der Waals surface area contributed by atoms with E-state index in [0.717, 1.165) is 25.6 Å². The number of carboxylic acid groups (broad SMARTS) is 1. The van der Waals surface area contributed by atoms with Crippen LogP contribution in [0.15, 0.2) is 0 Å². The summed E-state index contributed by atoms with van der Waals surface area (Å²) in [5, 5.41) is 8.80. The standard InChI is InChI=1S/C11H19NO2/c1-2-12-7-9-5-10(12)4-3-8(9)6-11(13)14/h8-10H,2-7H2,1H3,(H,13,14). The van der Waals surface area contributed by atoms with Crippen molar-refractivity contribution < 1.29 is 9.90 Å². The minimum absolute atomic E-state index is 0.384. The molecule has 0 aromatic rings. The molecule has 2 aliphatic rings. The Bertz CT molecular complexity index is 229. The van der Waals surface area contributed by atoms with Crippen molar-refractivity contribution in [3.05, 3.63) is 0 Å². The predicted octanol–water partition coefficient (Wildman–Crippen LogP) is 1.58. The van der Waals surface area contributed by atoms with Crippen molar-refractivity contribution in [1.29, 1.82) is 0 Å². The lowest BCUT2D eigenvalue weighted by atomic mass is 9.78. The maximum Gasteiger partial charge on any atom is 0.303 e. The second-order valence-electron chi connectivity index (χ2n) is 4.67. The van der Waals surface area contributed by atoms with E-state index in [0.29, 0.717) is 18.3 Å². The molecule has 80 valence electrons. The minimum Gasteiger partial charge on any atom is -0.481 e. The maximum absolute atomic E-state index is 10.7. The molecule has 0 aromatic carbocycles.